The lowest BCUT2D eigenvalue weighted by atomic mass is 10.1. The first-order valence-corrected chi connectivity index (χ1v) is 9.76. The molecular weight excluding hydrogens is 366 g/mol. The molecule has 0 atom stereocenters. The fourth-order valence-corrected chi connectivity index (χ4v) is 3.52. The van der Waals surface area contributed by atoms with E-state index in [1.165, 1.54) is 0 Å². The summed E-state index contributed by atoms with van der Waals surface area (Å²) >= 11 is 0. The van der Waals surface area contributed by atoms with Gasteiger partial charge in [-0.1, -0.05) is 49.3 Å². The number of hydrogen-bond acceptors (Lipinski definition) is 4. The average Bonchev–Trinajstić information content (AvgIpc) is 3.34. The van der Waals surface area contributed by atoms with Gasteiger partial charge in [0.1, 0.15) is 0 Å². The summed E-state index contributed by atoms with van der Waals surface area (Å²) < 4.78 is 5.35. The van der Waals surface area contributed by atoms with Crippen LogP contribution in [0.5, 0.6) is 0 Å². The van der Waals surface area contributed by atoms with Crippen molar-refractivity contribution in [3.8, 4) is 11.3 Å². The molecule has 0 fully saturated rings. The quantitative estimate of drug-likeness (QED) is 0.714. The van der Waals surface area contributed by atoms with Crippen LogP contribution in [0.4, 0.5) is 11.4 Å². The van der Waals surface area contributed by atoms with Gasteiger partial charge in [0.2, 0.25) is 11.8 Å². The molecule has 2 heterocycles. The lowest BCUT2D eigenvalue weighted by Crippen LogP contribution is -2.32. The number of nitrogens with one attached hydrogen (secondary N) is 1. The van der Waals surface area contributed by atoms with Gasteiger partial charge in [0, 0.05) is 35.5 Å². The van der Waals surface area contributed by atoms with Gasteiger partial charge in [-0.15, -0.1) is 0 Å². The third-order valence-corrected chi connectivity index (χ3v) is 4.98. The molecule has 6 nitrogen and oxygen atoms in total. The Kier molecular flexibility index (Phi) is 5.16. The second kappa shape index (κ2) is 7.91. The first-order chi connectivity index (χ1) is 14.0. The van der Waals surface area contributed by atoms with Gasteiger partial charge >= 0.3 is 0 Å². The van der Waals surface area contributed by atoms with Crippen molar-refractivity contribution in [3.63, 3.8) is 0 Å². The molecule has 0 saturated carbocycles. The average molecular weight is 389 g/mol. The van der Waals surface area contributed by atoms with E-state index >= 15 is 0 Å². The zero-order valence-corrected chi connectivity index (χ0v) is 16.5. The van der Waals surface area contributed by atoms with Crippen LogP contribution in [-0.4, -0.2) is 23.5 Å². The zero-order chi connectivity index (χ0) is 20.4. The van der Waals surface area contributed by atoms with Gasteiger partial charge in [0.25, 0.3) is 0 Å². The molecule has 0 unspecified atom stereocenters. The minimum Gasteiger partial charge on any atom is -0.356 e. The molecule has 4 rings (SSSR count). The Morgan fingerprint density at radius 2 is 1.93 bits per heavy atom. The summed E-state index contributed by atoms with van der Waals surface area (Å²) in [6.45, 7) is 4.50. The van der Waals surface area contributed by atoms with Crippen molar-refractivity contribution < 1.29 is 14.1 Å². The fourth-order valence-electron chi connectivity index (χ4n) is 3.52. The molecule has 0 saturated heterocycles. The number of aromatic nitrogens is 1. The third-order valence-electron chi connectivity index (χ3n) is 4.98. The van der Waals surface area contributed by atoms with Crippen LogP contribution in [-0.2, 0) is 22.4 Å². The van der Waals surface area contributed by atoms with Crippen LogP contribution in [0.2, 0.25) is 0 Å². The van der Waals surface area contributed by atoms with Gasteiger partial charge in [-0.25, -0.2) is 0 Å². The molecule has 2 aromatic carbocycles. The van der Waals surface area contributed by atoms with Crippen LogP contribution in [0.3, 0.4) is 0 Å². The first kappa shape index (κ1) is 18.9. The summed E-state index contributed by atoms with van der Waals surface area (Å²) in [6.07, 6.45) is 0.923. The van der Waals surface area contributed by atoms with Crippen molar-refractivity contribution >= 4 is 23.2 Å². The second-order valence-electron chi connectivity index (χ2n) is 7.51. The van der Waals surface area contributed by atoms with Gasteiger partial charge in [-0.2, -0.15) is 0 Å². The lowest BCUT2D eigenvalue weighted by Gasteiger charge is -2.19. The second-order valence-corrected chi connectivity index (χ2v) is 7.51. The Morgan fingerprint density at radius 1 is 1.14 bits per heavy atom. The molecule has 29 heavy (non-hydrogen) atoms. The van der Waals surface area contributed by atoms with E-state index in [2.05, 4.69) is 10.5 Å². The summed E-state index contributed by atoms with van der Waals surface area (Å²) in [5, 5.41) is 6.91. The van der Waals surface area contributed by atoms with Crippen LogP contribution in [0.25, 0.3) is 11.3 Å². The van der Waals surface area contributed by atoms with Gasteiger partial charge < -0.3 is 14.7 Å². The third kappa shape index (κ3) is 4.06. The van der Waals surface area contributed by atoms with E-state index in [1.54, 1.807) is 6.07 Å². The van der Waals surface area contributed by atoms with Gasteiger partial charge in [0.05, 0.1) is 12.1 Å². The fraction of sp³-hybridized carbons (Fsp3) is 0.261. The number of rotatable bonds is 5. The summed E-state index contributed by atoms with van der Waals surface area (Å²) in [6, 6.07) is 17.1. The predicted octanol–water partition coefficient (Wildman–Crippen LogP) is 4.07. The zero-order valence-electron chi connectivity index (χ0n) is 16.5. The molecule has 1 N–H and O–H groups in total. The van der Waals surface area contributed by atoms with Crippen molar-refractivity contribution in [2.75, 3.05) is 16.8 Å². The van der Waals surface area contributed by atoms with Gasteiger partial charge in [-0.3, -0.25) is 9.59 Å². The maximum atomic E-state index is 12.4. The molecule has 6 heteroatoms. The topological polar surface area (TPSA) is 75.4 Å². The van der Waals surface area contributed by atoms with E-state index in [9.17, 15) is 9.59 Å². The molecule has 0 aliphatic carbocycles. The van der Waals surface area contributed by atoms with Crippen LogP contribution in [0.1, 0.15) is 25.1 Å². The summed E-state index contributed by atoms with van der Waals surface area (Å²) in [5.74, 6) is 0.566. The van der Waals surface area contributed by atoms with Crippen molar-refractivity contribution in [2.45, 2.75) is 26.7 Å². The Balaban J connectivity index is 1.41. The minimum atomic E-state index is -0.161. The molecule has 1 aliphatic heterocycles. The van der Waals surface area contributed by atoms with E-state index < -0.39 is 0 Å². The lowest BCUT2D eigenvalue weighted by molar-refractivity contribution is -0.121. The van der Waals surface area contributed by atoms with Gasteiger partial charge in [0.15, 0.2) is 5.76 Å². The SMILES string of the molecule is CC(C)C(=O)N1CCc2cc(NC(=O)Cc3cc(-c4ccccc4)on3)ccc21. The van der Waals surface area contributed by atoms with Crippen molar-refractivity contribution in [3.05, 3.63) is 65.9 Å². The highest BCUT2D eigenvalue weighted by molar-refractivity contribution is 5.98. The number of hydrogen-bond donors (Lipinski definition) is 1. The number of fused-ring (bicyclic) bond motifs is 1. The van der Waals surface area contributed by atoms with E-state index in [0.717, 1.165) is 28.9 Å². The predicted molar refractivity (Wildman–Crippen MR) is 112 cm³/mol. The monoisotopic (exact) mass is 389 g/mol. The largest absolute Gasteiger partial charge is 0.356 e. The maximum absolute atomic E-state index is 12.4. The number of anilines is 2. The highest BCUT2D eigenvalue weighted by atomic mass is 16.5. The van der Waals surface area contributed by atoms with Crippen molar-refractivity contribution in [2.24, 2.45) is 5.92 Å². The summed E-state index contributed by atoms with van der Waals surface area (Å²) in [7, 11) is 0. The molecule has 1 aliphatic rings. The van der Waals surface area contributed by atoms with Crippen LogP contribution >= 0.6 is 0 Å². The Morgan fingerprint density at radius 3 is 2.69 bits per heavy atom. The normalized spacial score (nSPS) is 12.9. The van der Waals surface area contributed by atoms with Gasteiger partial charge in [-0.05, 0) is 30.2 Å². The Labute approximate surface area is 169 Å². The molecule has 0 radical (unpaired) electrons. The minimum absolute atomic E-state index is 0.0384. The number of carbonyl (C=O) groups excluding carboxylic acids is 2. The van der Waals surface area contributed by atoms with E-state index in [-0.39, 0.29) is 24.2 Å². The molecular formula is C23H23N3O3. The first-order valence-electron chi connectivity index (χ1n) is 9.76. The highest BCUT2D eigenvalue weighted by Crippen LogP contribution is 2.31. The molecule has 1 aromatic heterocycles. The maximum Gasteiger partial charge on any atom is 0.230 e. The number of amides is 2. The number of benzene rings is 2. The molecule has 3 aromatic rings. The van der Waals surface area contributed by atoms with Crippen molar-refractivity contribution in [1.82, 2.24) is 5.16 Å². The number of nitrogens with zero attached hydrogens (tertiary/aromatic N) is 2. The summed E-state index contributed by atoms with van der Waals surface area (Å²) in [4.78, 5) is 26.6. The van der Waals surface area contributed by atoms with Crippen LogP contribution in [0.15, 0.2) is 59.1 Å². The van der Waals surface area contributed by atoms with E-state index in [1.807, 2.05) is 67.3 Å². The smallest absolute Gasteiger partial charge is 0.230 e. The standard InChI is InChI=1S/C23H23N3O3/c1-15(2)23(28)26-11-10-17-12-18(8-9-20(17)26)24-22(27)14-19-13-21(29-25-19)16-6-4-3-5-7-16/h3-9,12-13,15H,10-11,14H2,1-2H3,(H,24,27). The van der Waals surface area contributed by atoms with E-state index in [4.69, 9.17) is 4.52 Å². The highest BCUT2D eigenvalue weighted by Gasteiger charge is 2.26. The van der Waals surface area contributed by atoms with Crippen LogP contribution < -0.4 is 10.2 Å². The Bertz CT molecular complexity index is 1040. The molecule has 0 spiro atoms. The van der Waals surface area contributed by atoms with E-state index in [0.29, 0.717) is 18.0 Å². The summed E-state index contributed by atoms with van der Waals surface area (Å²) in [5.41, 5.74) is 4.23. The molecule has 0 bridgehead atoms. The molecule has 148 valence electrons. The van der Waals surface area contributed by atoms with Crippen molar-refractivity contribution in [1.29, 1.82) is 0 Å². The molecule has 2 amide bonds. The van der Waals surface area contributed by atoms with Crippen LogP contribution in [0, 0.1) is 5.92 Å². The Hall–Kier alpha value is -3.41. The number of carbonyl (C=O) groups is 2.